The summed E-state index contributed by atoms with van der Waals surface area (Å²) < 4.78 is 6.02. The summed E-state index contributed by atoms with van der Waals surface area (Å²) in [5.74, 6) is -0.886. The molecule has 4 fully saturated rings. The Labute approximate surface area is 274 Å². The molecule has 0 amide bonds. The van der Waals surface area contributed by atoms with E-state index in [1.807, 2.05) is 6.08 Å². The van der Waals surface area contributed by atoms with E-state index in [9.17, 15) is 30.0 Å². The van der Waals surface area contributed by atoms with Crippen LogP contribution in [0.4, 0.5) is 0 Å². The van der Waals surface area contributed by atoms with E-state index in [2.05, 4.69) is 54.5 Å². The lowest BCUT2D eigenvalue weighted by molar-refractivity contribution is -0.284. The van der Waals surface area contributed by atoms with Crippen molar-refractivity contribution in [2.45, 2.75) is 111 Å². The number of aliphatic carboxylic acids is 1. The summed E-state index contributed by atoms with van der Waals surface area (Å²) >= 11 is 0. The first kappa shape index (κ1) is 33.3. The van der Waals surface area contributed by atoms with Gasteiger partial charge in [-0.2, -0.15) is 0 Å². The average Bonchev–Trinajstić information content (AvgIpc) is 2.97. The number of aliphatic hydroxyl groups excluding tert-OH is 1. The number of ether oxygens (including phenoxy) is 1. The van der Waals surface area contributed by atoms with Crippen LogP contribution in [0.15, 0.2) is 42.5 Å². The second kappa shape index (κ2) is 10.7. The number of carbonyl (C=O) groups is 2. The molecule has 5 aliphatic rings. The number of aliphatic hydroxyl groups is 2. The van der Waals surface area contributed by atoms with Crippen molar-refractivity contribution >= 4 is 18.0 Å². The van der Waals surface area contributed by atoms with Gasteiger partial charge in [-0.15, -0.1) is 0 Å². The Morgan fingerprint density at radius 3 is 2.28 bits per heavy atom. The van der Waals surface area contributed by atoms with Crippen molar-refractivity contribution in [1.29, 1.82) is 0 Å². The van der Waals surface area contributed by atoms with Gasteiger partial charge in [0.15, 0.2) is 0 Å². The zero-order valence-electron chi connectivity index (χ0n) is 28.6. The number of fused-ring (bicyclic) bond motifs is 7. The number of aromatic hydroxyl groups is 1. The van der Waals surface area contributed by atoms with Crippen molar-refractivity contribution in [2.75, 3.05) is 0 Å². The van der Waals surface area contributed by atoms with Gasteiger partial charge in [-0.25, -0.2) is 4.79 Å². The van der Waals surface area contributed by atoms with Crippen LogP contribution in [0.2, 0.25) is 0 Å². The van der Waals surface area contributed by atoms with Crippen LogP contribution in [0.1, 0.15) is 99.0 Å². The molecule has 46 heavy (non-hydrogen) atoms. The van der Waals surface area contributed by atoms with Crippen LogP contribution in [0.5, 0.6) is 5.75 Å². The quantitative estimate of drug-likeness (QED) is 0.160. The van der Waals surface area contributed by atoms with E-state index in [-0.39, 0.29) is 40.3 Å². The van der Waals surface area contributed by atoms with Gasteiger partial charge in [-0.05, 0) is 103 Å². The second-order valence-corrected chi connectivity index (χ2v) is 17.2. The highest BCUT2D eigenvalue weighted by Gasteiger charge is 2.75. The summed E-state index contributed by atoms with van der Waals surface area (Å²) in [6, 6.07) is 6.55. The number of benzene rings is 1. The fourth-order valence-electron chi connectivity index (χ4n) is 12.3. The number of rotatable bonds is 4. The minimum atomic E-state index is -1.25. The summed E-state index contributed by atoms with van der Waals surface area (Å²) in [7, 11) is 0. The highest BCUT2D eigenvalue weighted by atomic mass is 16.6. The Bertz CT molecular complexity index is 1450. The maximum atomic E-state index is 13.0. The van der Waals surface area contributed by atoms with Crippen LogP contribution in [0.3, 0.4) is 0 Å². The zero-order valence-corrected chi connectivity index (χ0v) is 28.6. The molecule has 5 aliphatic carbocycles. The molecule has 252 valence electrons. The largest absolute Gasteiger partial charge is 0.508 e. The molecule has 7 nitrogen and oxygen atoms in total. The Morgan fingerprint density at radius 2 is 1.63 bits per heavy atom. The monoisotopic (exact) mass is 634 g/mol. The van der Waals surface area contributed by atoms with E-state index in [0.29, 0.717) is 31.6 Å². The van der Waals surface area contributed by atoms with Crippen LogP contribution < -0.4 is 0 Å². The highest BCUT2D eigenvalue weighted by molar-refractivity contribution is 5.87. The third kappa shape index (κ3) is 4.36. The molecular weight excluding hydrogens is 580 g/mol. The number of carbonyl (C=O) groups excluding carboxylic acids is 1. The van der Waals surface area contributed by atoms with Gasteiger partial charge in [0.2, 0.25) is 0 Å². The first-order valence-corrected chi connectivity index (χ1v) is 17.4. The van der Waals surface area contributed by atoms with Crippen molar-refractivity contribution in [3.05, 3.63) is 48.1 Å². The smallest absolute Gasteiger partial charge is 0.331 e. The Morgan fingerprint density at radius 1 is 0.957 bits per heavy atom. The summed E-state index contributed by atoms with van der Waals surface area (Å²) in [6.07, 6.45) is 10.6. The number of phenols is 1. The highest BCUT2D eigenvalue weighted by Crippen LogP contribution is 2.76. The van der Waals surface area contributed by atoms with Crippen LogP contribution in [0, 0.1) is 56.7 Å². The number of phenolic OH excluding ortho intramolecular Hbond substituents is 1. The van der Waals surface area contributed by atoms with Gasteiger partial charge in [0.05, 0.1) is 17.1 Å². The predicted octanol–water partition coefficient (Wildman–Crippen LogP) is 7.00. The van der Waals surface area contributed by atoms with Gasteiger partial charge in [-0.3, -0.25) is 4.79 Å². The Kier molecular flexibility index (Phi) is 7.73. The molecule has 0 spiro atoms. The maximum Gasteiger partial charge on any atom is 0.331 e. The van der Waals surface area contributed by atoms with E-state index in [1.165, 1.54) is 6.08 Å². The number of carboxylic acids is 1. The van der Waals surface area contributed by atoms with Crippen molar-refractivity contribution in [3.8, 4) is 5.75 Å². The van der Waals surface area contributed by atoms with Gasteiger partial charge < -0.3 is 25.2 Å². The number of hydrogen-bond acceptors (Lipinski definition) is 6. The molecular formula is C39H54O7. The average molecular weight is 635 g/mol. The van der Waals surface area contributed by atoms with Crippen LogP contribution >= 0.6 is 0 Å². The van der Waals surface area contributed by atoms with E-state index >= 15 is 0 Å². The van der Waals surface area contributed by atoms with E-state index in [1.54, 1.807) is 30.3 Å². The lowest BCUT2D eigenvalue weighted by Gasteiger charge is -2.74. The first-order chi connectivity index (χ1) is 21.4. The molecule has 0 heterocycles. The van der Waals surface area contributed by atoms with Gasteiger partial charge in [0, 0.05) is 22.8 Å². The van der Waals surface area contributed by atoms with Crippen LogP contribution in [-0.2, 0) is 14.3 Å². The molecule has 4 saturated carbocycles. The molecule has 0 bridgehead atoms. The van der Waals surface area contributed by atoms with Crippen LogP contribution in [0.25, 0.3) is 6.08 Å². The van der Waals surface area contributed by atoms with Gasteiger partial charge >= 0.3 is 11.9 Å². The third-order valence-electron chi connectivity index (χ3n) is 15.0. The number of carboxylic acid groups (broad SMARTS) is 1. The van der Waals surface area contributed by atoms with E-state index in [0.717, 1.165) is 24.8 Å². The number of hydrogen-bond donors (Lipinski definition) is 4. The molecule has 4 N–H and O–H groups in total. The maximum absolute atomic E-state index is 13.0. The van der Waals surface area contributed by atoms with Gasteiger partial charge in [0.25, 0.3) is 0 Å². The van der Waals surface area contributed by atoms with Crippen molar-refractivity contribution < 1.29 is 34.8 Å². The van der Waals surface area contributed by atoms with E-state index < -0.39 is 46.0 Å². The summed E-state index contributed by atoms with van der Waals surface area (Å²) in [6.45, 7) is 15.4. The molecule has 12 atom stereocenters. The number of allylic oxidation sites excluding steroid dienone is 1. The predicted molar refractivity (Wildman–Crippen MR) is 176 cm³/mol. The minimum Gasteiger partial charge on any atom is -0.508 e. The Balaban J connectivity index is 1.32. The summed E-state index contributed by atoms with van der Waals surface area (Å²) in [5.41, 5.74) is -3.12. The molecule has 7 heteroatoms. The third-order valence-corrected chi connectivity index (χ3v) is 15.0. The summed E-state index contributed by atoms with van der Waals surface area (Å²) in [5, 5.41) is 45.0. The molecule has 0 saturated heterocycles. The SMILES string of the molecule is C[C@H]1[C@H](C)CC[C@]2(C(=O)O)CC[C@]3(C)[C@](O)(C=C[C@@H]4[C@@]5(C)C[C@@H](O)[C@H](OC(=O)/C=C\c6ccc(O)cc6)C(C)(C)[C@@H]5CC[C@]43C)[C@@H]12. The second-order valence-electron chi connectivity index (χ2n) is 17.2. The van der Waals surface area contributed by atoms with Crippen molar-refractivity contribution in [3.63, 3.8) is 0 Å². The lowest BCUT2D eigenvalue weighted by atomic mass is 9.31. The van der Waals surface area contributed by atoms with E-state index in [4.69, 9.17) is 4.74 Å². The fourth-order valence-corrected chi connectivity index (χ4v) is 12.3. The fraction of sp³-hybridized carbons (Fsp3) is 0.692. The van der Waals surface area contributed by atoms with Crippen LogP contribution in [-0.4, -0.2) is 50.2 Å². The molecule has 1 aromatic carbocycles. The molecule has 1 aromatic rings. The molecule has 0 aliphatic heterocycles. The Hall–Kier alpha value is -2.64. The standard InChI is InChI=1S/C39H54O7/c1-23-14-18-38(33(43)44)21-20-37(7)36(6)17-15-28-34(3,4)32(46-30(42)13-10-25-8-11-26(40)12-9-25)27(41)22-35(28,5)29(36)16-19-39(37,45)31(38)24(23)2/h8-13,16,19,23-24,27-29,31-32,40-41,45H,14-15,17-18,20-22H2,1-7H3,(H,43,44)/b13-10-/t23-,24+,27-,28+,29-,31+,32+,35+,36-,37+,38+,39+/m1/s1. The van der Waals surface area contributed by atoms with Gasteiger partial charge in [0.1, 0.15) is 11.9 Å². The lowest BCUT2D eigenvalue weighted by Crippen LogP contribution is -2.74. The zero-order chi connectivity index (χ0) is 33.7. The topological polar surface area (TPSA) is 124 Å². The number of esters is 1. The molecule has 0 unspecified atom stereocenters. The summed E-state index contributed by atoms with van der Waals surface area (Å²) in [4.78, 5) is 26.0. The molecule has 0 radical (unpaired) electrons. The first-order valence-electron chi connectivity index (χ1n) is 17.4. The van der Waals surface area contributed by atoms with Crippen molar-refractivity contribution in [2.24, 2.45) is 56.7 Å². The van der Waals surface area contributed by atoms with Crippen molar-refractivity contribution in [1.82, 2.24) is 0 Å². The minimum absolute atomic E-state index is 0.0534. The normalized spacial score (nSPS) is 47.6. The molecule has 0 aromatic heterocycles. The molecule has 6 rings (SSSR count). The van der Waals surface area contributed by atoms with Gasteiger partial charge in [-0.1, -0.05) is 72.8 Å².